The molecule has 4 heteroatoms. The van der Waals surface area contributed by atoms with Gasteiger partial charge in [-0.1, -0.05) is 18.7 Å². The van der Waals surface area contributed by atoms with Crippen LogP contribution >= 0.6 is 11.8 Å². The molecule has 0 atom stereocenters. The Morgan fingerprint density at radius 3 is 3.27 bits per heavy atom. The van der Waals surface area contributed by atoms with Crippen LogP contribution in [-0.4, -0.2) is 28.9 Å². The van der Waals surface area contributed by atoms with E-state index < -0.39 is 0 Å². The molecule has 0 unspecified atom stereocenters. The van der Waals surface area contributed by atoms with Gasteiger partial charge in [0.25, 0.3) is 0 Å². The largest absolute Gasteiger partial charge is 0.350 e. The van der Waals surface area contributed by atoms with E-state index in [1.807, 2.05) is 6.19 Å². The first-order valence-corrected chi connectivity index (χ1v) is 4.71. The van der Waals surface area contributed by atoms with Crippen LogP contribution in [0.2, 0.25) is 0 Å². The molecule has 0 bridgehead atoms. The molecule has 0 spiro atoms. The molecular formula is C7H11N3S. The fourth-order valence-electron chi connectivity index (χ4n) is 1.06. The van der Waals surface area contributed by atoms with Gasteiger partial charge < -0.3 is 4.90 Å². The molecule has 11 heavy (non-hydrogen) atoms. The van der Waals surface area contributed by atoms with Gasteiger partial charge in [-0.05, 0) is 6.42 Å². The number of rotatable bonds is 2. The Morgan fingerprint density at radius 2 is 2.64 bits per heavy atom. The van der Waals surface area contributed by atoms with E-state index in [1.165, 1.54) is 0 Å². The molecule has 0 saturated carbocycles. The summed E-state index contributed by atoms with van der Waals surface area (Å²) in [7, 11) is 0. The minimum atomic E-state index is 0.898. The molecule has 0 aromatic rings. The second-order valence-electron chi connectivity index (χ2n) is 2.33. The molecular weight excluding hydrogens is 158 g/mol. The van der Waals surface area contributed by atoms with Crippen LogP contribution in [0, 0.1) is 11.5 Å². The molecule has 0 amide bonds. The third-order valence-corrected chi connectivity index (χ3v) is 2.50. The first-order valence-electron chi connectivity index (χ1n) is 3.73. The molecule has 0 aromatic heterocycles. The van der Waals surface area contributed by atoms with Gasteiger partial charge in [0.1, 0.15) is 0 Å². The summed E-state index contributed by atoms with van der Waals surface area (Å²) in [5, 5.41) is 9.23. The lowest BCUT2D eigenvalue weighted by Crippen LogP contribution is -2.24. The molecule has 0 N–H and O–H groups in total. The highest BCUT2D eigenvalue weighted by Gasteiger charge is 2.17. The van der Waals surface area contributed by atoms with Gasteiger partial charge in [0.15, 0.2) is 5.17 Å². The van der Waals surface area contributed by atoms with E-state index in [0.29, 0.717) is 0 Å². The van der Waals surface area contributed by atoms with Crippen molar-refractivity contribution in [3.05, 3.63) is 0 Å². The van der Waals surface area contributed by atoms with Crippen molar-refractivity contribution in [3.63, 3.8) is 0 Å². The summed E-state index contributed by atoms with van der Waals surface area (Å²) in [5.74, 6) is 1.07. The number of hydrogen-bond acceptors (Lipinski definition) is 3. The predicted octanol–water partition coefficient (Wildman–Crippen LogP) is 1.28. The molecule has 3 nitrogen and oxygen atoms in total. The van der Waals surface area contributed by atoms with Gasteiger partial charge in [-0.25, -0.2) is 0 Å². The van der Waals surface area contributed by atoms with Crippen LogP contribution < -0.4 is 0 Å². The highest BCUT2D eigenvalue weighted by molar-refractivity contribution is 8.14. The quantitative estimate of drug-likeness (QED) is 0.585. The summed E-state index contributed by atoms with van der Waals surface area (Å²) in [6.07, 6.45) is 2.94. The zero-order valence-electron chi connectivity index (χ0n) is 6.58. The van der Waals surface area contributed by atoms with Gasteiger partial charge in [0, 0.05) is 18.8 Å². The molecule has 1 heterocycles. The molecule has 1 rings (SSSR count). The molecule has 1 aliphatic rings. The molecule has 0 aliphatic carbocycles. The Morgan fingerprint density at radius 1 is 1.82 bits per heavy atom. The third kappa shape index (κ3) is 2.12. The normalized spacial score (nSPS) is 20.7. The van der Waals surface area contributed by atoms with Crippen molar-refractivity contribution in [2.24, 2.45) is 4.99 Å². The molecule has 0 aromatic carbocycles. The van der Waals surface area contributed by atoms with Gasteiger partial charge in [-0.15, -0.1) is 4.99 Å². The van der Waals surface area contributed by atoms with Crippen molar-refractivity contribution in [2.45, 2.75) is 13.3 Å². The number of amidine groups is 1. The Balaban J connectivity index is 2.52. The van der Waals surface area contributed by atoms with Gasteiger partial charge >= 0.3 is 0 Å². The third-order valence-electron chi connectivity index (χ3n) is 1.50. The van der Waals surface area contributed by atoms with E-state index in [-0.39, 0.29) is 0 Å². The summed E-state index contributed by atoms with van der Waals surface area (Å²) < 4.78 is 0. The van der Waals surface area contributed by atoms with E-state index in [1.54, 1.807) is 11.8 Å². The highest BCUT2D eigenvalue weighted by atomic mass is 32.2. The Bertz CT molecular complexity index is 194. The summed E-state index contributed by atoms with van der Waals surface area (Å²) in [6, 6.07) is 0. The van der Waals surface area contributed by atoms with E-state index in [2.05, 4.69) is 16.8 Å². The van der Waals surface area contributed by atoms with Crippen molar-refractivity contribution in [1.29, 1.82) is 5.26 Å². The van der Waals surface area contributed by atoms with Crippen LogP contribution in [0.3, 0.4) is 0 Å². The van der Waals surface area contributed by atoms with Crippen LogP contribution in [0.25, 0.3) is 0 Å². The molecule has 0 radical (unpaired) electrons. The van der Waals surface area contributed by atoms with Crippen molar-refractivity contribution in [1.82, 2.24) is 4.90 Å². The summed E-state index contributed by atoms with van der Waals surface area (Å²) in [4.78, 5) is 5.90. The fourth-order valence-corrected chi connectivity index (χ4v) is 2.02. The average molecular weight is 169 g/mol. The molecule has 1 fully saturated rings. The SMILES string of the molecule is CCCN1CCSC1=NC#N. The fraction of sp³-hybridized carbons (Fsp3) is 0.714. The van der Waals surface area contributed by atoms with Gasteiger partial charge in [0.2, 0.25) is 6.19 Å². The van der Waals surface area contributed by atoms with Gasteiger partial charge in [-0.3, -0.25) is 0 Å². The minimum absolute atomic E-state index is 0.898. The first kappa shape index (κ1) is 8.41. The standard InChI is InChI=1S/C7H11N3S/c1-2-3-10-4-5-11-7(10)9-6-8/h2-5H2,1H3. The maximum atomic E-state index is 8.34. The second kappa shape index (κ2) is 4.24. The lowest BCUT2D eigenvalue weighted by molar-refractivity contribution is 0.460. The topological polar surface area (TPSA) is 39.4 Å². The van der Waals surface area contributed by atoms with E-state index in [0.717, 1.165) is 30.4 Å². The van der Waals surface area contributed by atoms with Crippen LogP contribution in [0.4, 0.5) is 0 Å². The lowest BCUT2D eigenvalue weighted by Gasteiger charge is -2.14. The van der Waals surface area contributed by atoms with Crippen molar-refractivity contribution < 1.29 is 0 Å². The van der Waals surface area contributed by atoms with E-state index >= 15 is 0 Å². The van der Waals surface area contributed by atoms with Crippen molar-refractivity contribution in [3.8, 4) is 6.19 Å². The Kier molecular flexibility index (Phi) is 3.24. The van der Waals surface area contributed by atoms with Crippen molar-refractivity contribution >= 4 is 16.9 Å². The predicted molar refractivity (Wildman–Crippen MR) is 47.4 cm³/mol. The van der Waals surface area contributed by atoms with Crippen LogP contribution in [-0.2, 0) is 0 Å². The van der Waals surface area contributed by atoms with Crippen LogP contribution in [0.1, 0.15) is 13.3 Å². The lowest BCUT2D eigenvalue weighted by atomic mass is 10.4. The number of thioether (sulfide) groups is 1. The molecule has 1 saturated heterocycles. The monoisotopic (exact) mass is 169 g/mol. The smallest absolute Gasteiger partial charge is 0.208 e. The number of nitriles is 1. The van der Waals surface area contributed by atoms with Crippen molar-refractivity contribution in [2.75, 3.05) is 18.8 Å². The van der Waals surface area contributed by atoms with E-state index in [9.17, 15) is 0 Å². The molecule has 60 valence electrons. The second-order valence-corrected chi connectivity index (χ2v) is 3.39. The summed E-state index contributed by atoms with van der Waals surface area (Å²) in [6.45, 7) is 4.19. The Labute approximate surface area is 71.1 Å². The highest BCUT2D eigenvalue weighted by Crippen LogP contribution is 2.17. The summed E-state index contributed by atoms with van der Waals surface area (Å²) >= 11 is 1.67. The van der Waals surface area contributed by atoms with Crippen LogP contribution in [0.5, 0.6) is 0 Å². The maximum absolute atomic E-state index is 8.34. The average Bonchev–Trinajstić information content (AvgIpc) is 2.39. The van der Waals surface area contributed by atoms with E-state index in [4.69, 9.17) is 5.26 Å². The molecule has 1 aliphatic heterocycles. The minimum Gasteiger partial charge on any atom is -0.350 e. The maximum Gasteiger partial charge on any atom is 0.208 e. The first-order chi connectivity index (χ1) is 5.38. The number of hydrogen-bond donors (Lipinski definition) is 0. The van der Waals surface area contributed by atoms with Crippen LogP contribution in [0.15, 0.2) is 4.99 Å². The summed E-state index contributed by atoms with van der Waals surface area (Å²) in [5.41, 5.74) is 0. The Hall–Kier alpha value is -0.690. The zero-order chi connectivity index (χ0) is 8.10. The van der Waals surface area contributed by atoms with Gasteiger partial charge in [0.05, 0.1) is 0 Å². The number of aliphatic imine (C=N–C) groups is 1. The zero-order valence-corrected chi connectivity index (χ0v) is 7.39. The number of nitrogens with zero attached hydrogens (tertiary/aromatic N) is 3. The van der Waals surface area contributed by atoms with Gasteiger partial charge in [-0.2, -0.15) is 5.26 Å².